The SMILES string of the molecule is Cc1ccc(N(CC(=O)N(Cc2ccc(Cl)cc2)[C@H](Cc2ccccc2)C(=O)NC2CCCC2)S(C)(=O)=O)cc1Cl. The minimum atomic E-state index is -3.87. The van der Waals surface area contributed by atoms with Gasteiger partial charge in [0.25, 0.3) is 0 Å². The average Bonchev–Trinajstić information content (AvgIpc) is 3.45. The second-order valence-electron chi connectivity index (χ2n) is 10.5. The van der Waals surface area contributed by atoms with Crippen molar-refractivity contribution in [2.45, 2.75) is 57.7 Å². The molecule has 4 rings (SSSR count). The number of hydrogen-bond donors (Lipinski definition) is 1. The second kappa shape index (κ2) is 13.7. The van der Waals surface area contributed by atoms with Crippen LogP contribution in [0.2, 0.25) is 10.0 Å². The number of amides is 2. The van der Waals surface area contributed by atoms with Gasteiger partial charge in [-0.15, -0.1) is 0 Å². The highest BCUT2D eigenvalue weighted by Gasteiger charge is 2.34. The number of nitrogens with zero attached hydrogens (tertiary/aromatic N) is 2. The smallest absolute Gasteiger partial charge is 0.244 e. The lowest BCUT2D eigenvalue weighted by Gasteiger charge is -2.34. The number of rotatable bonds is 11. The van der Waals surface area contributed by atoms with Crippen molar-refractivity contribution >= 4 is 50.7 Å². The summed E-state index contributed by atoms with van der Waals surface area (Å²) < 4.78 is 26.9. The predicted molar refractivity (Wildman–Crippen MR) is 165 cm³/mol. The fraction of sp³-hybridized carbons (Fsp3) is 0.355. The molecule has 0 bridgehead atoms. The van der Waals surface area contributed by atoms with E-state index in [-0.39, 0.29) is 30.6 Å². The Morgan fingerprint density at radius 2 is 1.61 bits per heavy atom. The third-order valence-corrected chi connectivity index (χ3v) is 9.16. The summed E-state index contributed by atoms with van der Waals surface area (Å²) in [7, 11) is -3.87. The molecule has 10 heteroatoms. The topological polar surface area (TPSA) is 86.8 Å². The van der Waals surface area contributed by atoms with Crippen molar-refractivity contribution in [3.05, 3.63) is 99.5 Å². The molecule has 0 aliphatic heterocycles. The van der Waals surface area contributed by atoms with Crippen LogP contribution in [0.3, 0.4) is 0 Å². The summed E-state index contributed by atoms with van der Waals surface area (Å²) in [4.78, 5) is 29.5. The fourth-order valence-electron chi connectivity index (χ4n) is 5.06. The van der Waals surface area contributed by atoms with Crippen molar-refractivity contribution in [1.82, 2.24) is 10.2 Å². The molecule has 7 nitrogen and oxygen atoms in total. The molecule has 0 saturated heterocycles. The van der Waals surface area contributed by atoms with Crippen LogP contribution in [-0.4, -0.2) is 50.0 Å². The highest BCUT2D eigenvalue weighted by molar-refractivity contribution is 7.92. The average molecular weight is 617 g/mol. The van der Waals surface area contributed by atoms with E-state index in [2.05, 4.69) is 5.32 Å². The quantitative estimate of drug-likeness (QED) is 0.297. The van der Waals surface area contributed by atoms with Crippen LogP contribution in [0.25, 0.3) is 0 Å². The summed E-state index contributed by atoms with van der Waals surface area (Å²) in [5, 5.41) is 4.09. The maximum atomic E-state index is 14.2. The molecule has 1 N–H and O–H groups in total. The molecule has 0 unspecified atom stereocenters. The van der Waals surface area contributed by atoms with Gasteiger partial charge in [-0.2, -0.15) is 0 Å². The van der Waals surface area contributed by atoms with E-state index in [9.17, 15) is 18.0 Å². The van der Waals surface area contributed by atoms with Gasteiger partial charge in [0.2, 0.25) is 21.8 Å². The molecule has 0 radical (unpaired) electrons. The zero-order valence-electron chi connectivity index (χ0n) is 23.2. The van der Waals surface area contributed by atoms with Crippen LogP contribution in [-0.2, 0) is 32.6 Å². The lowest BCUT2D eigenvalue weighted by Crippen LogP contribution is -2.54. The highest BCUT2D eigenvalue weighted by Crippen LogP contribution is 2.26. The third-order valence-electron chi connectivity index (χ3n) is 7.36. The van der Waals surface area contributed by atoms with Gasteiger partial charge in [-0.3, -0.25) is 13.9 Å². The van der Waals surface area contributed by atoms with E-state index in [0.717, 1.165) is 52.9 Å². The molecule has 41 heavy (non-hydrogen) atoms. The van der Waals surface area contributed by atoms with Gasteiger partial charge in [0.15, 0.2) is 0 Å². The Kier molecular flexibility index (Phi) is 10.3. The van der Waals surface area contributed by atoms with Gasteiger partial charge in [0.05, 0.1) is 11.9 Å². The molecular formula is C31H35Cl2N3O4S. The molecule has 0 heterocycles. The first kappa shape index (κ1) is 30.9. The summed E-state index contributed by atoms with van der Waals surface area (Å²) in [6.07, 6.45) is 5.20. The van der Waals surface area contributed by atoms with Crippen LogP contribution in [0.1, 0.15) is 42.4 Å². The molecule has 0 spiro atoms. The van der Waals surface area contributed by atoms with Gasteiger partial charge in [-0.05, 0) is 60.7 Å². The molecule has 1 aliphatic carbocycles. The maximum absolute atomic E-state index is 14.2. The van der Waals surface area contributed by atoms with Crippen molar-refractivity contribution in [1.29, 1.82) is 0 Å². The molecule has 3 aromatic rings. The molecule has 1 aliphatic rings. The van der Waals surface area contributed by atoms with Crippen LogP contribution in [0.15, 0.2) is 72.8 Å². The standard InChI is InChI=1S/C31H35Cl2N3O4S/c1-22-12-17-27(19-28(22)33)36(41(2,39)40)21-30(37)35(20-24-13-15-25(32)16-14-24)29(18-23-8-4-3-5-9-23)31(38)34-26-10-6-7-11-26/h3-5,8-9,12-17,19,26,29H,6-7,10-11,18,20-21H2,1-2H3,(H,34,38)/t29-/m1/s1. The number of halogens is 2. The predicted octanol–water partition coefficient (Wildman–Crippen LogP) is 5.77. The van der Waals surface area contributed by atoms with Gasteiger partial charge >= 0.3 is 0 Å². The van der Waals surface area contributed by atoms with E-state index >= 15 is 0 Å². The zero-order chi connectivity index (χ0) is 29.6. The van der Waals surface area contributed by atoms with Crippen molar-refractivity contribution < 1.29 is 18.0 Å². The van der Waals surface area contributed by atoms with Crippen molar-refractivity contribution in [2.24, 2.45) is 0 Å². The summed E-state index contributed by atoms with van der Waals surface area (Å²) in [5.41, 5.74) is 2.71. The highest BCUT2D eigenvalue weighted by atomic mass is 35.5. The maximum Gasteiger partial charge on any atom is 0.244 e. The van der Waals surface area contributed by atoms with Crippen LogP contribution in [0.5, 0.6) is 0 Å². The molecule has 1 saturated carbocycles. The van der Waals surface area contributed by atoms with E-state index in [1.54, 1.807) is 36.4 Å². The number of sulfonamides is 1. The lowest BCUT2D eigenvalue weighted by molar-refractivity contribution is -0.140. The number of hydrogen-bond acceptors (Lipinski definition) is 4. The van der Waals surface area contributed by atoms with Gasteiger partial charge in [0.1, 0.15) is 12.6 Å². The Morgan fingerprint density at radius 1 is 0.951 bits per heavy atom. The zero-order valence-corrected chi connectivity index (χ0v) is 25.6. The summed E-state index contributed by atoms with van der Waals surface area (Å²) in [6, 6.07) is 20.6. The fourth-order valence-corrected chi connectivity index (χ4v) is 6.20. The van der Waals surface area contributed by atoms with Crippen LogP contribution in [0, 0.1) is 6.92 Å². The Hall–Kier alpha value is -3.07. The van der Waals surface area contributed by atoms with Gasteiger partial charge in [0, 0.05) is 29.1 Å². The van der Waals surface area contributed by atoms with Crippen LogP contribution >= 0.6 is 23.2 Å². The lowest BCUT2D eigenvalue weighted by atomic mass is 10.0. The van der Waals surface area contributed by atoms with E-state index in [4.69, 9.17) is 23.2 Å². The van der Waals surface area contributed by atoms with Crippen molar-refractivity contribution in [2.75, 3.05) is 17.1 Å². The van der Waals surface area contributed by atoms with Gasteiger partial charge in [-0.1, -0.05) is 84.6 Å². The molecule has 218 valence electrons. The first-order valence-electron chi connectivity index (χ1n) is 13.6. The van der Waals surface area contributed by atoms with Crippen molar-refractivity contribution in [3.8, 4) is 0 Å². The number of nitrogens with one attached hydrogen (secondary N) is 1. The second-order valence-corrected chi connectivity index (χ2v) is 13.3. The number of benzene rings is 3. The summed E-state index contributed by atoms with van der Waals surface area (Å²) >= 11 is 12.4. The van der Waals surface area contributed by atoms with Crippen LogP contribution < -0.4 is 9.62 Å². The van der Waals surface area contributed by atoms with Gasteiger partial charge < -0.3 is 10.2 Å². The number of anilines is 1. The minimum Gasteiger partial charge on any atom is -0.352 e. The minimum absolute atomic E-state index is 0.0514. The number of aryl methyl sites for hydroxylation is 1. The monoisotopic (exact) mass is 615 g/mol. The van der Waals surface area contributed by atoms with Gasteiger partial charge in [-0.25, -0.2) is 8.42 Å². The Morgan fingerprint density at radius 3 is 2.22 bits per heavy atom. The normalized spacial score (nSPS) is 14.4. The number of carbonyl (C=O) groups excluding carboxylic acids is 2. The largest absolute Gasteiger partial charge is 0.352 e. The van der Waals surface area contributed by atoms with Crippen LogP contribution in [0.4, 0.5) is 5.69 Å². The molecule has 0 aromatic heterocycles. The van der Waals surface area contributed by atoms with E-state index in [1.165, 1.54) is 11.0 Å². The molecular weight excluding hydrogens is 581 g/mol. The molecule has 3 aromatic carbocycles. The van der Waals surface area contributed by atoms with Crippen molar-refractivity contribution in [3.63, 3.8) is 0 Å². The molecule has 1 atom stereocenters. The van der Waals surface area contributed by atoms with E-state index in [1.807, 2.05) is 37.3 Å². The first-order valence-corrected chi connectivity index (χ1v) is 16.2. The third kappa shape index (κ3) is 8.47. The first-order chi connectivity index (χ1) is 19.5. The Balaban J connectivity index is 1.72. The Bertz CT molecular complexity index is 1460. The van der Waals surface area contributed by atoms with E-state index in [0.29, 0.717) is 10.0 Å². The summed E-state index contributed by atoms with van der Waals surface area (Å²) in [5.74, 6) is -0.767. The Labute approximate surface area is 252 Å². The summed E-state index contributed by atoms with van der Waals surface area (Å²) in [6.45, 7) is 1.42. The number of carbonyl (C=O) groups is 2. The molecule has 2 amide bonds. The van der Waals surface area contributed by atoms with E-state index < -0.39 is 28.5 Å². The molecule has 1 fully saturated rings.